The van der Waals surface area contributed by atoms with E-state index in [9.17, 15) is 4.79 Å². The molecule has 0 unspecified atom stereocenters. The van der Waals surface area contributed by atoms with Gasteiger partial charge in [0.05, 0.1) is 34.9 Å². The molecule has 0 spiro atoms. The molecular weight excluding hydrogens is 382 g/mol. The fourth-order valence-electron chi connectivity index (χ4n) is 3.99. The molecule has 1 aromatic heterocycles. The number of fused-ring (bicyclic) bond motifs is 1. The fourth-order valence-corrected chi connectivity index (χ4v) is 5.13. The second-order valence-electron chi connectivity index (χ2n) is 7.60. The van der Waals surface area contributed by atoms with Crippen molar-refractivity contribution in [1.29, 1.82) is 0 Å². The number of carbonyl (C=O) groups is 1. The Balaban J connectivity index is 1.29. The number of nitrogens with one attached hydrogen (secondary N) is 1. The first-order valence-electron chi connectivity index (χ1n) is 10.1. The number of nitrogens with zero attached hydrogens (tertiary/aromatic N) is 2. The van der Waals surface area contributed by atoms with Crippen molar-refractivity contribution in [3.8, 4) is 5.75 Å². The normalized spacial score (nSPS) is 16.6. The summed E-state index contributed by atoms with van der Waals surface area (Å²) in [7, 11) is 1.66. The Morgan fingerprint density at radius 3 is 2.69 bits per heavy atom. The number of likely N-dealkylation sites (tertiary alicyclic amines) is 1. The zero-order valence-electron chi connectivity index (χ0n) is 16.9. The number of hydrogen-bond acceptors (Lipinski definition) is 5. The van der Waals surface area contributed by atoms with Gasteiger partial charge in [0.2, 0.25) is 5.91 Å². The summed E-state index contributed by atoms with van der Waals surface area (Å²) in [6.45, 7) is 4.29. The molecule has 0 bridgehead atoms. The molecule has 0 radical (unpaired) electrons. The number of amides is 1. The molecule has 2 aromatic carbocycles. The Labute approximate surface area is 175 Å². The maximum absolute atomic E-state index is 12.6. The minimum atomic E-state index is -0.0843. The summed E-state index contributed by atoms with van der Waals surface area (Å²) < 4.78 is 6.67. The highest BCUT2D eigenvalue weighted by Crippen LogP contribution is 2.33. The van der Waals surface area contributed by atoms with Crippen LogP contribution in [0.4, 0.5) is 0 Å². The van der Waals surface area contributed by atoms with Crippen molar-refractivity contribution in [3.63, 3.8) is 0 Å². The van der Waals surface area contributed by atoms with Crippen LogP contribution in [-0.4, -0.2) is 42.5 Å². The van der Waals surface area contributed by atoms with Gasteiger partial charge < -0.3 is 10.1 Å². The smallest absolute Gasteiger partial charge is 0.234 e. The van der Waals surface area contributed by atoms with E-state index in [-0.39, 0.29) is 11.9 Å². The lowest BCUT2D eigenvalue weighted by Crippen LogP contribution is -2.41. The van der Waals surface area contributed by atoms with E-state index in [0.717, 1.165) is 42.8 Å². The van der Waals surface area contributed by atoms with Gasteiger partial charge >= 0.3 is 0 Å². The van der Waals surface area contributed by atoms with E-state index in [1.165, 1.54) is 9.71 Å². The number of rotatable bonds is 6. The third-order valence-electron chi connectivity index (χ3n) is 5.60. The molecule has 29 heavy (non-hydrogen) atoms. The molecule has 0 saturated carbocycles. The number of carbonyl (C=O) groups excluding carboxylic acids is 1. The van der Waals surface area contributed by atoms with Gasteiger partial charge in [-0.3, -0.25) is 9.69 Å². The summed E-state index contributed by atoms with van der Waals surface area (Å²) in [6, 6.07) is 16.1. The van der Waals surface area contributed by atoms with Crippen molar-refractivity contribution >= 4 is 27.5 Å². The second kappa shape index (κ2) is 8.93. The van der Waals surface area contributed by atoms with Crippen LogP contribution in [-0.2, 0) is 4.79 Å². The zero-order valence-corrected chi connectivity index (χ0v) is 17.7. The van der Waals surface area contributed by atoms with E-state index in [2.05, 4.69) is 28.4 Å². The SMILES string of the molecule is COc1ccccc1[C@@H](C)NC(=O)CN1CCC(c2nc3ccccc3s2)CC1. The minimum Gasteiger partial charge on any atom is -0.496 e. The molecule has 1 fully saturated rings. The van der Waals surface area contributed by atoms with Crippen LogP contribution in [0.1, 0.15) is 42.3 Å². The molecule has 152 valence electrons. The van der Waals surface area contributed by atoms with Gasteiger partial charge in [-0.15, -0.1) is 11.3 Å². The van der Waals surface area contributed by atoms with Crippen molar-refractivity contribution < 1.29 is 9.53 Å². The number of benzene rings is 2. The van der Waals surface area contributed by atoms with E-state index < -0.39 is 0 Å². The molecule has 1 saturated heterocycles. The summed E-state index contributed by atoms with van der Waals surface area (Å²) in [5.74, 6) is 1.36. The molecular formula is C23H27N3O2S. The van der Waals surface area contributed by atoms with Gasteiger partial charge in [-0.25, -0.2) is 4.98 Å². The fraction of sp³-hybridized carbons (Fsp3) is 0.391. The van der Waals surface area contributed by atoms with Crippen LogP contribution in [0.5, 0.6) is 5.75 Å². The maximum atomic E-state index is 12.6. The third kappa shape index (κ3) is 4.60. The third-order valence-corrected chi connectivity index (χ3v) is 6.80. The van der Waals surface area contributed by atoms with Crippen molar-refractivity contribution in [2.75, 3.05) is 26.7 Å². The number of piperidine rings is 1. The van der Waals surface area contributed by atoms with Gasteiger partial charge in [0.1, 0.15) is 5.75 Å². The molecule has 1 N–H and O–H groups in total. The molecule has 1 atom stereocenters. The number of methoxy groups -OCH3 is 1. The van der Waals surface area contributed by atoms with Crippen LogP contribution in [0.15, 0.2) is 48.5 Å². The topological polar surface area (TPSA) is 54.5 Å². The van der Waals surface area contributed by atoms with Crippen molar-refractivity contribution in [2.45, 2.75) is 31.7 Å². The van der Waals surface area contributed by atoms with Crippen LogP contribution in [0.25, 0.3) is 10.2 Å². The first-order chi connectivity index (χ1) is 14.1. The summed E-state index contributed by atoms with van der Waals surface area (Å²) >= 11 is 1.81. The Bertz CT molecular complexity index is 946. The molecule has 1 amide bonds. The highest BCUT2D eigenvalue weighted by molar-refractivity contribution is 7.18. The highest BCUT2D eigenvalue weighted by atomic mass is 32.1. The second-order valence-corrected chi connectivity index (χ2v) is 8.66. The van der Waals surface area contributed by atoms with E-state index >= 15 is 0 Å². The van der Waals surface area contributed by atoms with E-state index in [1.807, 2.05) is 48.6 Å². The molecule has 0 aliphatic carbocycles. The predicted octanol–water partition coefficient (Wildman–Crippen LogP) is 4.36. The Kier molecular flexibility index (Phi) is 6.11. The van der Waals surface area contributed by atoms with Crippen LogP contribution in [0.3, 0.4) is 0 Å². The maximum Gasteiger partial charge on any atom is 0.234 e. The number of hydrogen-bond donors (Lipinski definition) is 1. The highest BCUT2D eigenvalue weighted by Gasteiger charge is 2.25. The zero-order chi connectivity index (χ0) is 20.2. The van der Waals surface area contributed by atoms with E-state index in [1.54, 1.807) is 7.11 Å². The van der Waals surface area contributed by atoms with Gasteiger partial charge in [-0.05, 0) is 51.1 Å². The monoisotopic (exact) mass is 409 g/mol. The molecule has 1 aliphatic heterocycles. The number of thiazole rings is 1. The van der Waals surface area contributed by atoms with Gasteiger partial charge in [-0.2, -0.15) is 0 Å². The van der Waals surface area contributed by atoms with Gasteiger partial charge in [0.25, 0.3) is 0 Å². The Hall–Kier alpha value is -2.44. The summed E-state index contributed by atoms with van der Waals surface area (Å²) in [6.07, 6.45) is 2.10. The average Bonchev–Trinajstić information content (AvgIpc) is 3.18. The molecule has 6 heteroatoms. The van der Waals surface area contributed by atoms with Gasteiger partial charge in [0.15, 0.2) is 0 Å². The predicted molar refractivity (Wildman–Crippen MR) is 118 cm³/mol. The molecule has 4 rings (SSSR count). The van der Waals surface area contributed by atoms with Crippen molar-refractivity contribution in [3.05, 3.63) is 59.1 Å². The summed E-state index contributed by atoms with van der Waals surface area (Å²) in [5.41, 5.74) is 2.09. The Morgan fingerprint density at radius 2 is 1.93 bits per heavy atom. The number of aromatic nitrogens is 1. The molecule has 1 aliphatic rings. The number of para-hydroxylation sites is 2. The lowest BCUT2D eigenvalue weighted by molar-refractivity contribution is -0.123. The van der Waals surface area contributed by atoms with Gasteiger partial charge in [-0.1, -0.05) is 30.3 Å². The van der Waals surface area contributed by atoms with Crippen LogP contribution >= 0.6 is 11.3 Å². The molecule has 2 heterocycles. The Morgan fingerprint density at radius 1 is 1.21 bits per heavy atom. The van der Waals surface area contributed by atoms with E-state index in [0.29, 0.717) is 12.5 Å². The van der Waals surface area contributed by atoms with Crippen molar-refractivity contribution in [1.82, 2.24) is 15.2 Å². The number of ether oxygens (including phenoxy) is 1. The summed E-state index contributed by atoms with van der Waals surface area (Å²) in [4.78, 5) is 19.6. The first-order valence-corrected chi connectivity index (χ1v) is 11.0. The van der Waals surface area contributed by atoms with Crippen LogP contribution in [0, 0.1) is 0 Å². The summed E-state index contributed by atoms with van der Waals surface area (Å²) in [5, 5.41) is 4.34. The quantitative estimate of drug-likeness (QED) is 0.657. The lowest BCUT2D eigenvalue weighted by Gasteiger charge is -2.30. The first kappa shape index (κ1) is 19.9. The molecule has 5 nitrogen and oxygen atoms in total. The van der Waals surface area contributed by atoms with Crippen LogP contribution < -0.4 is 10.1 Å². The average molecular weight is 410 g/mol. The van der Waals surface area contributed by atoms with Crippen LogP contribution in [0.2, 0.25) is 0 Å². The molecule has 3 aromatic rings. The van der Waals surface area contributed by atoms with Gasteiger partial charge in [0, 0.05) is 11.5 Å². The van der Waals surface area contributed by atoms with Crippen molar-refractivity contribution in [2.24, 2.45) is 0 Å². The lowest BCUT2D eigenvalue weighted by atomic mass is 9.97. The largest absolute Gasteiger partial charge is 0.496 e. The van der Waals surface area contributed by atoms with E-state index in [4.69, 9.17) is 9.72 Å². The minimum absolute atomic E-state index is 0.0573. The standard InChI is InChI=1S/C23H27N3O2S/c1-16(18-7-3-5-9-20(18)28-2)24-22(27)15-26-13-11-17(12-14-26)23-25-19-8-4-6-10-21(19)29-23/h3-10,16-17H,11-15H2,1-2H3,(H,24,27)/t16-/m1/s1.